The highest BCUT2D eigenvalue weighted by Gasteiger charge is 2.16. The van der Waals surface area contributed by atoms with Gasteiger partial charge in [-0.1, -0.05) is 15.9 Å². The number of carbonyl (C=O) groups is 2. The highest BCUT2D eigenvalue weighted by molar-refractivity contribution is 9.10. The van der Waals surface area contributed by atoms with Gasteiger partial charge < -0.3 is 10.4 Å². The molecule has 0 radical (unpaired) electrons. The van der Waals surface area contributed by atoms with Crippen molar-refractivity contribution in [1.82, 2.24) is 0 Å². The second kappa shape index (κ2) is 6.36. The maximum Gasteiger partial charge on any atom is 0.337 e. The number of rotatable bonds is 3. The molecule has 0 aromatic heterocycles. The third kappa shape index (κ3) is 3.68. The quantitative estimate of drug-likeness (QED) is 0.783. The standard InChI is InChI=1S/C14H8Br2FNO3/c15-7-1-3-10(14(20)21)12(5-7)18-13(19)9-4-2-8(17)6-11(9)16/h1-6H,(H,18,19)(H,20,21). The largest absolute Gasteiger partial charge is 0.478 e. The van der Waals surface area contributed by atoms with Crippen LogP contribution in [0.1, 0.15) is 20.7 Å². The van der Waals surface area contributed by atoms with Crippen molar-refractivity contribution in [3.63, 3.8) is 0 Å². The summed E-state index contributed by atoms with van der Waals surface area (Å²) in [6.07, 6.45) is 0. The molecule has 0 aliphatic rings. The maximum absolute atomic E-state index is 13.0. The van der Waals surface area contributed by atoms with E-state index in [1.807, 2.05) is 0 Å². The average Bonchev–Trinajstić information content (AvgIpc) is 2.37. The van der Waals surface area contributed by atoms with Crippen molar-refractivity contribution in [3.8, 4) is 0 Å². The van der Waals surface area contributed by atoms with Crippen molar-refractivity contribution in [1.29, 1.82) is 0 Å². The van der Waals surface area contributed by atoms with Gasteiger partial charge in [0.2, 0.25) is 0 Å². The second-order valence-electron chi connectivity index (χ2n) is 4.07. The lowest BCUT2D eigenvalue weighted by molar-refractivity contribution is 0.0698. The summed E-state index contributed by atoms with van der Waals surface area (Å²) in [6, 6.07) is 8.05. The molecule has 4 nitrogen and oxygen atoms in total. The zero-order valence-electron chi connectivity index (χ0n) is 10.4. The van der Waals surface area contributed by atoms with E-state index in [1.54, 1.807) is 6.07 Å². The summed E-state index contributed by atoms with van der Waals surface area (Å²) in [5, 5.41) is 11.6. The first-order valence-corrected chi connectivity index (χ1v) is 7.26. The Morgan fingerprint density at radius 3 is 2.33 bits per heavy atom. The van der Waals surface area contributed by atoms with Crippen molar-refractivity contribution >= 4 is 49.4 Å². The third-order valence-corrected chi connectivity index (χ3v) is 3.79. The Bertz CT molecular complexity index is 734. The van der Waals surface area contributed by atoms with E-state index in [1.165, 1.54) is 18.2 Å². The zero-order valence-corrected chi connectivity index (χ0v) is 13.5. The van der Waals surface area contributed by atoms with Gasteiger partial charge in [0.05, 0.1) is 16.8 Å². The molecule has 2 N–H and O–H groups in total. The van der Waals surface area contributed by atoms with Gasteiger partial charge in [-0.15, -0.1) is 0 Å². The van der Waals surface area contributed by atoms with E-state index in [4.69, 9.17) is 5.11 Å². The monoisotopic (exact) mass is 415 g/mol. The number of halogens is 3. The number of nitrogens with one attached hydrogen (secondary N) is 1. The number of aromatic carboxylic acids is 1. The molecule has 0 aliphatic heterocycles. The van der Waals surface area contributed by atoms with Crippen molar-refractivity contribution < 1.29 is 19.1 Å². The van der Waals surface area contributed by atoms with Crippen LogP contribution in [0.3, 0.4) is 0 Å². The molecule has 108 valence electrons. The lowest BCUT2D eigenvalue weighted by atomic mass is 10.1. The summed E-state index contributed by atoms with van der Waals surface area (Å²) < 4.78 is 13.9. The minimum Gasteiger partial charge on any atom is -0.478 e. The van der Waals surface area contributed by atoms with Crippen LogP contribution in [0, 0.1) is 5.82 Å². The highest BCUT2D eigenvalue weighted by Crippen LogP contribution is 2.24. The van der Waals surface area contributed by atoms with E-state index >= 15 is 0 Å². The lowest BCUT2D eigenvalue weighted by Gasteiger charge is -2.10. The first kappa shape index (κ1) is 15.7. The van der Waals surface area contributed by atoms with Gasteiger partial charge in [-0.2, -0.15) is 0 Å². The first-order valence-electron chi connectivity index (χ1n) is 5.67. The summed E-state index contributed by atoms with van der Waals surface area (Å²) in [6.45, 7) is 0. The summed E-state index contributed by atoms with van der Waals surface area (Å²) >= 11 is 6.31. The molecule has 2 rings (SSSR count). The van der Waals surface area contributed by atoms with Crippen LogP contribution in [0.5, 0.6) is 0 Å². The molecule has 0 heterocycles. The Hall–Kier alpha value is -1.73. The Kier molecular flexibility index (Phi) is 4.74. The average molecular weight is 417 g/mol. The van der Waals surface area contributed by atoms with Crippen LogP contribution in [-0.2, 0) is 0 Å². The van der Waals surface area contributed by atoms with E-state index < -0.39 is 17.7 Å². The van der Waals surface area contributed by atoms with E-state index in [-0.39, 0.29) is 21.3 Å². The fourth-order valence-corrected chi connectivity index (χ4v) is 2.56. The predicted octanol–water partition coefficient (Wildman–Crippen LogP) is 4.30. The van der Waals surface area contributed by atoms with Gasteiger partial charge in [0, 0.05) is 8.95 Å². The Labute approximate surface area is 136 Å². The summed E-state index contributed by atoms with van der Waals surface area (Å²) in [7, 11) is 0. The summed E-state index contributed by atoms with van der Waals surface area (Å²) in [5.41, 5.74) is 0.315. The molecule has 0 atom stereocenters. The number of hydrogen-bond donors (Lipinski definition) is 2. The number of anilines is 1. The van der Waals surface area contributed by atoms with Gasteiger partial charge in [0.25, 0.3) is 5.91 Å². The fraction of sp³-hybridized carbons (Fsp3) is 0. The van der Waals surface area contributed by atoms with Crippen molar-refractivity contribution in [2.45, 2.75) is 0 Å². The smallest absolute Gasteiger partial charge is 0.337 e. The van der Waals surface area contributed by atoms with E-state index in [9.17, 15) is 14.0 Å². The van der Waals surface area contributed by atoms with Gasteiger partial charge in [-0.25, -0.2) is 9.18 Å². The maximum atomic E-state index is 13.0. The molecule has 0 saturated carbocycles. The normalized spacial score (nSPS) is 10.2. The van der Waals surface area contributed by atoms with Gasteiger partial charge in [0.15, 0.2) is 0 Å². The van der Waals surface area contributed by atoms with Gasteiger partial charge in [-0.3, -0.25) is 4.79 Å². The fourth-order valence-electron chi connectivity index (χ4n) is 1.67. The highest BCUT2D eigenvalue weighted by atomic mass is 79.9. The van der Waals surface area contributed by atoms with Crippen molar-refractivity contribution in [2.75, 3.05) is 5.32 Å². The molecule has 0 spiro atoms. The molecule has 1 amide bonds. The van der Waals surface area contributed by atoms with E-state index in [2.05, 4.69) is 37.2 Å². The van der Waals surface area contributed by atoms with E-state index in [0.717, 1.165) is 12.1 Å². The van der Waals surface area contributed by atoms with Crippen LogP contribution in [-0.4, -0.2) is 17.0 Å². The molecule has 0 aliphatic carbocycles. The minimum atomic E-state index is -1.16. The molecule has 2 aromatic carbocycles. The Morgan fingerprint density at radius 2 is 1.71 bits per heavy atom. The van der Waals surface area contributed by atoms with E-state index in [0.29, 0.717) is 4.47 Å². The van der Waals surface area contributed by atoms with Crippen molar-refractivity contribution in [3.05, 3.63) is 62.3 Å². The lowest BCUT2D eigenvalue weighted by Crippen LogP contribution is -2.15. The number of carboxylic acid groups (broad SMARTS) is 1. The van der Waals surface area contributed by atoms with Crippen LogP contribution in [0.4, 0.5) is 10.1 Å². The summed E-state index contributed by atoms with van der Waals surface area (Å²) in [5.74, 6) is -2.18. The zero-order chi connectivity index (χ0) is 15.6. The van der Waals surface area contributed by atoms with Crippen LogP contribution >= 0.6 is 31.9 Å². The number of amides is 1. The van der Waals surface area contributed by atoms with Crippen LogP contribution in [0.15, 0.2) is 45.3 Å². The van der Waals surface area contributed by atoms with Crippen LogP contribution in [0.2, 0.25) is 0 Å². The predicted molar refractivity (Wildman–Crippen MR) is 83.2 cm³/mol. The van der Waals surface area contributed by atoms with Crippen LogP contribution < -0.4 is 5.32 Å². The molecule has 0 unspecified atom stereocenters. The molecule has 21 heavy (non-hydrogen) atoms. The SMILES string of the molecule is O=C(Nc1cc(Br)ccc1C(=O)O)c1ccc(F)cc1Br. The van der Waals surface area contributed by atoms with Gasteiger partial charge >= 0.3 is 5.97 Å². The molecular formula is C14H8Br2FNO3. The molecule has 0 bridgehead atoms. The topological polar surface area (TPSA) is 66.4 Å². The Balaban J connectivity index is 2.35. The molecule has 0 fully saturated rings. The first-order chi connectivity index (χ1) is 9.88. The van der Waals surface area contributed by atoms with Crippen LogP contribution in [0.25, 0.3) is 0 Å². The summed E-state index contributed by atoms with van der Waals surface area (Å²) in [4.78, 5) is 23.3. The molecule has 2 aromatic rings. The number of carboxylic acids is 1. The molecular weight excluding hydrogens is 409 g/mol. The second-order valence-corrected chi connectivity index (χ2v) is 5.84. The van der Waals surface area contributed by atoms with Gasteiger partial charge in [0.1, 0.15) is 5.82 Å². The van der Waals surface area contributed by atoms with Crippen molar-refractivity contribution in [2.24, 2.45) is 0 Å². The number of hydrogen-bond acceptors (Lipinski definition) is 2. The molecule has 0 saturated heterocycles. The van der Waals surface area contributed by atoms with Gasteiger partial charge in [-0.05, 0) is 52.3 Å². The minimum absolute atomic E-state index is 0.0372. The number of carbonyl (C=O) groups excluding carboxylic acids is 1. The third-order valence-electron chi connectivity index (χ3n) is 2.64. The Morgan fingerprint density at radius 1 is 1.05 bits per heavy atom. The number of benzene rings is 2. The molecule has 7 heteroatoms.